The van der Waals surface area contributed by atoms with Crippen molar-refractivity contribution in [3.8, 4) is 5.75 Å². The first-order chi connectivity index (χ1) is 7.24. The van der Waals surface area contributed by atoms with Crippen molar-refractivity contribution in [2.75, 3.05) is 0 Å². The summed E-state index contributed by atoms with van der Waals surface area (Å²) in [6, 6.07) is 3.65. The van der Waals surface area contributed by atoms with E-state index in [1.807, 2.05) is 12.1 Å². The molecular weight excluding hydrogens is 188 g/mol. The fourth-order valence-electron chi connectivity index (χ4n) is 1.57. The molecule has 0 atom stereocenters. The topological polar surface area (TPSA) is 40.5 Å². The number of allylic oxidation sites excluding steroid dienone is 2. The van der Waals surface area contributed by atoms with Crippen molar-refractivity contribution in [1.82, 2.24) is 0 Å². The van der Waals surface area contributed by atoms with Gasteiger partial charge in [-0.1, -0.05) is 24.3 Å². The number of phenolic OH excluding ortho intramolecular Hbond substituents is 1. The number of hydrogen-bond acceptors (Lipinski definition) is 2. The van der Waals surface area contributed by atoms with Gasteiger partial charge in [0.25, 0.3) is 0 Å². The van der Waals surface area contributed by atoms with Crippen molar-refractivity contribution in [3.05, 3.63) is 54.1 Å². The average Bonchev–Trinajstić information content (AvgIpc) is 2.25. The first-order valence-electron chi connectivity index (χ1n) is 4.89. The fraction of sp³-hybridized carbons (Fsp3) is 0.231. The van der Waals surface area contributed by atoms with Gasteiger partial charge in [-0.05, 0) is 24.0 Å². The second-order valence-corrected chi connectivity index (χ2v) is 3.35. The van der Waals surface area contributed by atoms with Crippen LogP contribution >= 0.6 is 0 Å². The minimum Gasteiger partial charge on any atom is -0.507 e. The maximum absolute atomic E-state index is 9.96. The monoisotopic (exact) mass is 204 g/mol. The zero-order valence-corrected chi connectivity index (χ0v) is 8.74. The van der Waals surface area contributed by atoms with Crippen molar-refractivity contribution in [2.24, 2.45) is 0 Å². The Kier molecular flexibility index (Phi) is 4.13. The summed E-state index contributed by atoms with van der Waals surface area (Å²) in [5.74, 6) is 0.251. The molecule has 0 saturated carbocycles. The van der Waals surface area contributed by atoms with E-state index in [4.69, 9.17) is 5.11 Å². The number of aliphatic hydroxyl groups is 1. The lowest BCUT2D eigenvalue weighted by atomic mass is 9.98. The van der Waals surface area contributed by atoms with Gasteiger partial charge in [0.2, 0.25) is 0 Å². The SMILES string of the molecule is C=CCc1ccc(CO)c(CC=C)c1O. The Morgan fingerprint density at radius 1 is 1.07 bits per heavy atom. The number of benzene rings is 1. The molecule has 0 aliphatic carbocycles. The molecule has 2 N–H and O–H groups in total. The molecule has 2 heteroatoms. The molecule has 1 aromatic carbocycles. The van der Waals surface area contributed by atoms with Crippen molar-refractivity contribution in [3.63, 3.8) is 0 Å². The predicted octanol–water partition coefficient (Wildman–Crippen LogP) is 2.34. The Morgan fingerprint density at radius 3 is 2.20 bits per heavy atom. The average molecular weight is 204 g/mol. The van der Waals surface area contributed by atoms with Gasteiger partial charge in [0, 0.05) is 5.56 Å². The molecule has 0 spiro atoms. The van der Waals surface area contributed by atoms with Crippen LogP contribution < -0.4 is 0 Å². The molecule has 0 unspecified atom stereocenters. The Hall–Kier alpha value is -1.54. The van der Waals surface area contributed by atoms with Gasteiger partial charge in [0.05, 0.1) is 6.61 Å². The van der Waals surface area contributed by atoms with E-state index in [1.165, 1.54) is 0 Å². The Balaban J connectivity index is 3.21. The van der Waals surface area contributed by atoms with Gasteiger partial charge in [-0.15, -0.1) is 13.2 Å². The third-order valence-corrected chi connectivity index (χ3v) is 2.35. The van der Waals surface area contributed by atoms with E-state index in [0.717, 1.165) is 16.7 Å². The van der Waals surface area contributed by atoms with Crippen LogP contribution in [0, 0.1) is 0 Å². The van der Waals surface area contributed by atoms with E-state index in [0.29, 0.717) is 12.8 Å². The Morgan fingerprint density at radius 2 is 1.67 bits per heavy atom. The van der Waals surface area contributed by atoms with E-state index in [1.54, 1.807) is 12.2 Å². The minimum absolute atomic E-state index is 0.0644. The first kappa shape index (κ1) is 11.5. The predicted molar refractivity (Wildman–Crippen MR) is 61.8 cm³/mol. The van der Waals surface area contributed by atoms with Gasteiger partial charge in [-0.3, -0.25) is 0 Å². The van der Waals surface area contributed by atoms with Gasteiger partial charge in [0.15, 0.2) is 0 Å². The van der Waals surface area contributed by atoms with Gasteiger partial charge in [-0.2, -0.15) is 0 Å². The zero-order valence-electron chi connectivity index (χ0n) is 8.74. The van der Waals surface area contributed by atoms with Crippen LogP contribution in [0.4, 0.5) is 0 Å². The normalized spacial score (nSPS) is 9.93. The highest BCUT2D eigenvalue weighted by Crippen LogP contribution is 2.27. The van der Waals surface area contributed by atoms with E-state index in [-0.39, 0.29) is 12.4 Å². The Labute approximate surface area is 90.2 Å². The highest BCUT2D eigenvalue weighted by molar-refractivity contribution is 5.47. The van der Waals surface area contributed by atoms with Crippen molar-refractivity contribution in [2.45, 2.75) is 19.4 Å². The molecule has 2 nitrogen and oxygen atoms in total. The molecule has 80 valence electrons. The molecular formula is C13H16O2. The summed E-state index contributed by atoms with van der Waals surface area (Å²) in [5, 5.41) is 19.1. The smallest absolute Gasteiger partial charge is 0.122 e. The third kappa shape index (κ3) is 2.48. The molecule has 0 aliphatic rings. The zero-order chi connectivity index (χ0) is 11.3. The largest absolute Gasteiger partial charge is 0.507 e. The summed E-state index contributed by atoms with van der Waals surface area (Å²) in [4.78, 5) is 0. The lowest BCUT2D eigenvalue weighted by Crippen LogP contribution is -1.96. The van der Waals surface area contributed by atoms with Crippen LogP contribution in [-0.4, -0.2) is 10.2 Å². The molecule has 1 rings (SSSR count). The van der Waals surface area contributed by atoms with Crippen LogP contribution in [0.15, 0.2) is 37.4 Å². The maximum atomic E-state index is 9.96. The summed E-state index contributed by atoms with van der Waals surface area (Å²) in [7, 11) is 0. The molecule has 0 saturated heterocycles. The lowest BCUT2D eigenvalue weighted by molar-refractivity contribution is 0.280. The number of aliphatic hydroxyl groups excluding tert-OH is 1. The molecule has 0 heterocycles. The molecule has 0 fully saturated rings. The number of hydrogen-bond donors (Lipinski definition) is 2. The van der Waals surface area contributed by atoms with Crippen LogP contribution in [-0.2, 0) is 19.4 Å². The molecule has 15 heavy (non-hydrogen) atoms. The molecule has 0 aromatic heterocycles. The third-order valence-electron chi connectivity index (χ3n) is 2.35. The summed E-state index contributed by atoms with van der Waals surface area (Å²) in [6.07, 6.45) is 4.64. The van der Waals surface area contributed by atoms with Crippen LogP contribution in [0.2, 0.25) is 0 Å². The Bertz CT molecular complexity index is 367. The van der Waals surface area contributed by atoms with Gasteiger partial charge >= 0.3 is 0 Å². The first-order valence-corrected chi connectivity index (χ1v) is 4.89. The quantitative estimate of drug-likeness (QED) is 0.723. The van der Waals surface area contributed by atoms with Crippen LogP contribution in [0.1, 0.15) is 16.7 Å². The van der Waals surface area contributed by atoms with Crippen molar-refractivity contribution >= 4 is 0 Å². The fourth-order valence-corrected chi connectivity index (χ4v) is 1.57. The van der Waals surface area contributed by atoms with Gasteiger partial charge in [-0.25, -0.2) is 0 Å². The molecule has 0 amide bonds. The summed E-state index contributed by atoms with van der Waals surface area (Å²) in [5.41, 5.74) is 2.34. The highest BCUT2D eigenvalue weighted by Gasteiger charge is 2.09. The van der Waals surface area contributed by atoms with Crippen molar-refractivity contribution < 1.29 is 10.2 Å². The summed E-state index contributed by atoms with van der Waals surface area (Å²) >= 11 is 0. The summed E-state index contributed by atoms with van der Waals surface area (Å²) in [6.45, 7) is 7.21. The van der Waals surface area contributed by atoms with Gasteiger partial charge < -0.3 is 10.2 Å². The highest BCUT2D eigenvalue weighted by atomic mass is 16.3. The minimum atomic E-state index is -0.0644. The van der Waals surface area contributed by atoms with E-state index >= 15 is 0 Å². The number of aromatic hydroxyl groups is 1. The van der Waals surface area contributed by atoms with Crippen LogP contribution in [0.3, 0.4) is 0 Å². The van der Waals surface area contributed by atoms with Crippen LogP contribution in [0.25, 0.3) is 0 Å². The molecule has 1 aromatic rings. The maximum Gasteiger partial charge on any atom is 0.122 e. The second kappa shape index (κ2) is 5.37. The second-order valence-electron chi connectivity index (χ2n) is 3.35. The number of phenols is 1. The van der Waals surface area contributed by atoms with E-state index in [9.17, 15) is 5.11 Å². The summed E-state index contributed by atoms with van der Waals surface area (Å²) < 4.78 is 0. The molecule has 0 aliphatic heterocycles. The van der Waals surface area contributed by atoms with E-state index in [2.05, 4.69) is 13.2 Å². The number of rotatable bonds is 5. The lowest BCUT2D eigenvalue weighted by Gasteiger charge is -2.11. The molecule has 0 bridgehead atoms. The molecule has 0 radical (unpaired) electrons. The van der Waals surface area contributed by atoms with Gasteiger partial charge in [0.1, 0.15) is 5.75 Å². The van der Waals surface area contributed by atoms with E-state index < -0.39 is 0 Å². The van der Waals surface area contributed by atoms with Crippen LogP contribution in [0.5, 0.6) is 5.75 Å². The van der Waals surface area contributed by atoms with Crippen molar-refractivity contribution in [1.29, 1.82) is 0 Å². The standard InChI is InChI=1S/C13H16O2/c1-3-5-10-7-8-11(9-14)12(6-4-2)13(10)15/h3-4,7-8,14-15H,1-2,5-6,9H2.